The molecule has 2 amide bonds. The summed E-state index contributed by atoms with van der Waals surface area (Å²) in [7, 11) is 0. The first-order valence-electron chi connectivity index (χ1n) is 12.6. The number of aryl methyl sites for hydroxylation is 1. The number of benzene rings is 2. The van der Waals surface area contributed by atoms with Crippen molar-refractivity contribution in [1.29, 1.82) is 0 Å². The molecule has 0 saturated heterocycles. The number of amides is 2. The molecule has 34 heavy (non-hydrogen) atoms. The van der Waals surface area contributed by atoms with Crippen LogP contribution in [0.3, 0.4) is 0 Å². The molecule has 0 radical (unpaired) electrons. The molecule has 1 fully saturated rings. The summed E-state index contributed by atoms with van der Waals surface area (Å²) in [6.45, 7) is 8.34. The van der Waals surface area contributed by atoms with Gasteiger partial charge in [0.15, 0.2) is 0 Å². The van der Waals surface area contributed by atoms with Crippen molar-refractivity contribution in [2.45, 2.75) is 96.7 Å². The lowest BCUT2D eigenvalue weighted by Gasteiger charge is -2.31. The molecule has 1 N–H and O–H groups in total. The predicted octanol–water partition coefficient (Wildman–Crippen LogP) is 5.92. The minimum atomic E-state index is -0.669. The molecule has 1 aliphatic carbocycles. The Labute approximate surface area is 203 Å². The Balaban J connectivity index is 1.70. The molecule has 1 saturated carbocycles. The van der Waals surface area contributed by atoms with Crippen LogP contribution < -0.4 is 5.32 Å². The third-order valence-electron chi connectivity index (χ3n) is 6.86. The molecular formula is C29H39FN2O2. The summed E-state index contributed by atoms with van der Waals surface area (Å²) in [4.78, 5) is 27.9. The fraction of sp³-hybridized carbons (Fsp3) is 0.517. The topological polar surface area (TPSA) is 49.4 Å². The third-order valence-corrected chi connectivity index (χ3v) is 6.86. The van der Waals surface area contributed by atoms with Crippen LogP contribution in [0.25, 0.3) is 0 Å². The highest BCUT2D eigenvalue weighted by atomic mass is 19.1. The number of carbonyl (C=O) groups is 2. The molecule has 0 spiro atoms. The van der Waals surface area contributed by atoms with Crippen molar-refractivity contribution in [3.63, 3.8) is 0 Å². The van der Waals surface area contributed by atoms with Crippen LogP contribution in [0.5, 0.6) is 0 Å². The van der Waals surface area contributed by atoms with Crippen molar-refractivity contribution >= 4 is 11.8 Å². The van der Waals surface area contributed by atoms with E-state index in [1.54, 1.807) is 25.1 Å². The van der Waals surface area contributed by atoms with Crippen molar-refractivity contribution < 1.29 is 14.0 Å². The van der Waals surface area contributed by atoms with E-state index in [0.29, 0.717) is 12.0 Å². The highest BCUT2D eigenvalue weighted by Crippen LogP contribution is 2.23. The van der Waals surface area contributed by atoms with Gasteiger partial charge in [0.1, 0.15) is 11.9 Å². The van der Waals surface area contributed by atoms with E-state index >= 15 is 0 Å². The van der Waals surface area contributed by atoms with E-state index in [-0.39, 0.29) is 42.1 Å². The third kappa shape index (κ3) is 7.15. The molecule has 184 valence electrons. The van der Waals surface area contributed by atoms with Gasteiger partial charge in [0.2, 0.25) is 11.8 Å². The first-order valence-corrected chi connectivity index (χ1v) is 12.6. The summed E-state index contributed by atoms with van der Waals surface area (Å²) < 4.78 is 14.4. The Morgan fingerprint density at radius 2 is 1.68 bits per heavy atom. The Morgan fingerprint density at radius 3 is 2.29 bits per heavy atom. The van der Waals surface area contributed by atoms with Crippen LogP contribution in [-0.4, -0.2) is 28.8 Å². The number of hydrogen-bond acceptors (Lipinski definition) is 2. The molecule has 0 unspecified atom stereocenters. The van der Waals surface area contributed by atoms with Gasteiger partial charge in [-0.3, -0.25) is 9.59 Å². The number of carbonyl (C=O) groups excluding carboxylic acids is 2. The van der Waals surface area contributed by atoms with E-state index in [0.717, 1.165) is 31.2 Å². The molecule has 2 aromatic rings. The van der Waals surface area contributed by atoms with E-state index < -0.39 is 6.04 Å². The summed E-state index contributed by atoms with van der Waals surface area (Å²) in [5.41, 5.74) is 2.82. The lowest BCUT2D eigenvalue weighted by atomic mass is 9.86. The maximum Gasteiger partial charge on any atom is 0.242 e. The van der Waals surface area contributed by atoms with Gasteiger partial charge >= 0.3 is 0 Å². The summed E-state index contributed by atoms with van der Waals surface area (Å²) in [5, 5.41) is 3.12. The second kappa shape index (κ2) is 11.6. The monoisotopic (exact) mass is 466 g/mol. The minimum absolute atomic E-state index is 0.0754. The average Bonchev–Trinajstić information content (AvgIpc) is 2.82. The van der Waals surface area contributed by atoms with Crippen LogP contribution in [0.1, 0.15) is 82.9 Å². The number of hydrogen-bond donors (Lipinski definition) is 1. The van der Waals surface area contributed by atoms with Gasteiger partial charge in [-0.05, 0) is 48.8 Å². The van der Waals surface area contributed by atoms with Crippen LogP contribution in [-0.2, 0) is 28.0 Å². The zero-order chi connectivity index (χ0) is 24.7. The van der Waals surface area contributed by atoms with Crippen molar-refractivity contribution in [2.75, 3.05) is 0 Å². The van der Waals surface area contributed by atoms with Crippen molar-refractivity contribution in [1.82, 2.24) is 10.2 Å². The van der Waals surface area contributed by atoms with Gasteiger partial charge in [-0.15, -0.1) is 0 Å². The fourth-order valence-electron chi connectivity index (χ4n) is 4.53. The standard InChI is InChI=1S/C29H39FN2O2/c1-21(28(34)31-25-11-6-5-7-12-25)32(20-23-10-8-9-13-26(23)30)27(33)19-16-22-14-17-24(18-15-22)29(2,3)4/h8-10,13-15,17-18,21,25H,5-7,11-12,16,19-20H2,1-4H3,(H,31,34)/t21-/m1/s1. The second-order valence-electron chi connectivity index (χ2n) is 10.6. The first kappa shape index (κ1) is 25.9. The Hall–Kier alpha value is -2.69. The van der Waals surface area contributed by atoms with Gasteiger partial charge in [0.05, 0.1) is 0 Å². The molecule has 1 aliphatic rings. The van der Waals surface area contributed by atoms with Gasteiger partial charge in [-0.1, -0.05) is 82.5 Å². The van der Waals surface area contributed by atoms with Crippen LogP contribution in [0.15, 0.2) is 48.5 Å². The molecule has 1 atom stereocenters. The lowest BCUT2D eigenvalue weighted by Crippen LogP contribution is -2.50. The van der Waals surface area contributed by atoms with E-state index in [4.69, 9.17) is 0 Å². The van der Waals surface area contributed by atoms with E-state index in [9.17, 15) is 14.0 Å². The Kier molecular flexibility index (Phi) is 8.87. The molecule has 2 aromatic carbocycles. The van der Waals surface area contributed by atoms with Crippen LogP contribution in [0.2, 0.25) is 0 Å². The zero-order valence-corrected chi connectivity index (χ0v) is 21.1. The predicted molar refractivity (Wildman–Crippen MR) is 135 cm³/mol. The smallest absolute Gasteiger partial charge is 0.242 e. The molecule has 0 heterocycles. The largest absolute Gasteiger partial charge is 0.352 e. The average molecular weight is 467 g/mol. The van der Waals surface area contributed by atoms with Crippen LogP contribution in [0, 0.1) is 5.82 Å². The quantitative estimate of drug-likeness (QED) is 0.525. The lowest BCUT2D eigenvalue weighted by molar-refractivity contribution is -0.141. The molecule has 0 aliphatic heterocycles. The number of nitrogens with zero attached hydrogens (tertiary/aromatic N) is 1. The maximum absolute atomic E-state index is 14.4. The van der Waals surface area contributed by atoms with Crippen molar-refractivity contribution in [3.05, 3.63) is 71.0 Å². The molecular weight excluding hydrogens is 427 g/mol. The number of nitrogens with one attached hydrogen (secondary N) is 1. The second-order valence-corrected chi connectivity index (χ2v) is 10.6. The highest BCUT2D eigenvalue weighted by Gasteiger charge is 2.28. The first-order chi connectivity index (χ1) is 16.1. The minimum Gasteiger partial charge on any atom is -0.352 e. The van der Waals surface area contributed by atoms with Crippen molar-refractivity contribution in [3.8, 4) is 0 Å². The molecule has 4 nitrogen and oxygen atoms in total. The molecule has 0 aromatic heterocycles. The maximum atomic E-state index is 14.4. The van der Waals surface area contributed by atoms with Gasteiger partial charge in [-0.2, -0.15) is 0 Å². The fourth-order valence-corrected chi connectivity index (χ4v) is 4.53. The van der Waals surface area contributed by atoms with Crippen molar-refractivity contribution in [2.24, 2.45) is 0 Å². The summed E-state index contributed by atoms with van der Waals surface area (Å²) in [5.74, 6) is -0.668. The van der Waals surface area contributed by atoms with E-state index in [1.165, 1.54) is 23.0 Å². The van der Waals surface area contributed by atoms with Crippen LogP contribution in [0.4, 0.5) is 4.39 Å². The van der Waals surface area contributed by atoms with Gasteiger partial charge < -0.3 is 10.2 Å². The van der Waals surface area contributed by atoms with E-state index in [2.05, 4.69) is 50.4 Å². The summed E-state index contributed by atoms with van der Waals surface area (Å²) in [6, 6.07) is 14.3. The van der Waals surface area contributed by atoms with E-state index in [1.807, 2.05) is 0 Å². The summed E-state index contributed by atoms with van der Waals surface area (Å²) >= 11 is 0. The highest BCUT2D eigenvalue weighted by molar-refractivity contribution is 5.87. The van der Waals surface area contributed by atoms with Gasteiger partial charge in [-0.25, -0.2) is 4.39 Å². The Bertz CT molecular complexity index is 959. The number of rotatable bonds is 8. The zero-order valence-electron chi connectivity index (χ0n) is 21.1. The normalized spacial score (nSPS) is 15.6. The number of halogens is 1. The molecule has 0 bridgehead atoms. The molecule has 5 heteroatoms. The Morgan fingerprint density at radius 1 is 1.03 bits per heavy atom. The summed E-state index contributed by atoms with van der Waals surface area (Å²) in [6.07, 6.45) is 6.24. The van der Waals surface area contributed by atoms with Gasteiger partial charge in [0, 0.05) is 24.6 Å². The van der Waals surface area contributed by atoms with Gasteiger partial charge in [0.25, 0.3) is 0 Å². The molecule has 3 rings (SSSR count). The SMILES string of the molecule is C[C@H](C(=O)NC1CCCCC1)N(Cc1ccccc1F)C(=O)CCc1ccc(C(C)(C)C)cc1. The van der Waals surface area contributed by atoms with Crippen LogP contribution >= 0.6 is 0 Å².